The Balaban J connectivity index is 1.95. The average Bonchev–Trinajstić information content (AvgIpc) is 3.10. The Morgan fingerprint density at radius 2 is 2.16 bits per heavy atom. The van der Waals surface area contributed by atoms with Crippen molar-refractivity contribution in [1.29, 1.82) is 0 Å². The highest BCUT2D eigenvalue weighted by Crippen LogP contribution is 2.30. The molecule has 1 aliphatic carbocycles. The number of hydrogen-bond donors (Lipinski definition) is 2. The number of aliphatic hydroxyl groups excluding tert-OH is 1. The quantitative estimate of drug-likeness (QED) is 0.864. The molecule has 1 saturated carbocycles. The first-order valence-corrected chi connectivity index (χ1v) is 7.06. The number of H-pyrrole nitrogens is 1. The van der Waals surface area contributed by atoms with Gasteiger partial charge in [0.1, 0.15) is 17.8 Å². The van der Waals surface area contributed by atoms with E-state index in [0.29, 0.717) is 6.04 Å². The Kier molecular flexibility index (Phi) is 3.64. The summed E-state index contributed by atoms with van der Waals surface area (Å²) in [4.78, 5) is 14.2. The normalized spacial score (nSPS) is 16.3. The summed E-state index contributed by atoms with van der Waals surface area (Å²) in [6.07, 6.45) is 9.34. The molecule has 0 atom stereocenters. The van der Waals surface area contributed by atoms with Crippen molar-refractivity contribution in [3.05, 3.63) is 18.6 Å². The number of aromatic amines is 1. The van der Waals surface area contributed by atoms with E-state index in [9.17, 15) is 0 Å². The van der Waals surface area contributed by atoms with Crippen molar-refractivity contribution in [3.8, 4) is 0 Å². The Hall–Kier alpha value is -1.62. The summed E-state index contributed by atoms with van der Waals surface area (Å²) in [6, 6.07) is 2.59. The van der Waals surface area contributed by atoms with Crippen LogP contribution in [-0.4, -0.2) is 39.3 Å². The molecule has 1 aliphatic rings. The summed E-state index contributed by atoms with van der Waals surface area (Å²) in [5.41, 5.74) is 0.886. The molecule has 3 rings (SSSR count). The highest BCUT2D eigenvalue weighted by Gasteiger charge is 2.24. The number of rotatable bonds is 5. The van der Waals surface area contributed by atoms with Crippen LogP contribution < -0.4 is 4.90 Å². The Bertz CT molecular complexity index is 533. The zero-order chi connectivity index (χ0) is 13.1. The lowest BCUT2D eigenvalue weighted by molar-refractivity contribution is 0.288. The molecule has 5 heteroatoms. The second-order valence-electron chi connectivity index (χ2n) is 5.15. The van der Waals surface area contributed by atoms with Crippen LogP contribution in [0.4, 0.5) is 5.82 Å². The highest BCUT2D eigenvalue weighted by atomic mass is 16.3. The number of aliphatic hydroxyl groups is 1. The maximum absolute atomic E-state index is 9.11. The van der Waals surface area contributed by atoms with Gasteiger partial charge in [0.25, 0.3) is 0 Å². The van der Waals surface area contributed by atoms with Crippen LogP contribution in [0.25, 0.3) is 11.0 Å². The van der Waals surface area contributed by atoms with Gasteiger partial charge < -0.3 is 15.0 Å². The predicted octanol–water partition coefficient (Wildman–Crippen LogP) is 2.09. The van der Waals surface area contributed by atoms with Crippen molar-refractivity contribution in [2.24, 2.45) is 0 Å². The van der Waals surface area contributed by atoms with Crippen LogP contribution in [0.15, 0.2) is 18.6 Å². The van der Waals surface area contributed by atoms with E-state index < -0.39 is 0 Å². The molecule has 0 saturated heterocycles. The molecule has 0 aromatic carbocycles. The van der Waals surface area contributed by atoms with Crippen LogP contribution in [0, 0.1) is 0 Å². The first-order valence-electron chi connectivity index (χ1n) is 7.06. The number of nitrogens with one attached hydrogen (secondary N) is 1. The number of nitrogens with zero attached hydrogens (tertiary/aromatic N) is 3. The largest absolute Gasteiger partial charge is 0.396 e. The molecule has 0 unspecified atom stereocenters. The van der Waals surface area contributed by atoms with E-state index in [-0.39, 0.29) is 6.61 Å². The average molecular weight is 260 g/mol. The van der Waals surface area contributed by atoms with Gasteiger partial charge in [-0.3, -0.25) is 0 Å². The smallest absolute Gasteiger partial charge is 0.142 e. The van der Waals surface area contributed by atoms with E-state index >= 15 is 0 Å². The van der Waals surface area contributed by atoms with E-state index in [1.807, 2.05) is 12.3 Å². The summed E-state index contributed by atoms with van der Waals surface area (Å²) in [6.45, 7) is 1.09. The standard InChI is InChI=1S/C14H20N4O/c19-9-3-8-18(11-4-1-2-5-11)14-12-6-7-15-13(12)16-10-17-14/h6-7,10-11,19H,1-5,8-9H2,(H,15,16,17). The predicted molar refractivity (Wildman–Crippen MR) is 75.2 cm³/mol. The molecule has 0 radical (unpaired) electrons. The first-order chi connectivity index (χ1) is 9.40. The summed E-state index contributed by atoms with van der Waals surface area (Å²) in [7, 11) is 0. The minimum Gasteiger partial charge on any atom is -0.396 e. The van der Waals surface area contributed by atoms with E-state index in [4.69, 9.17) is 5.11 Å². The molecule has 102 valence electrons. The fourth-order valence-corrected chi connectivity index (χ4v) is 3.01. The van der Waals surface area contributed by atoms with Gasteiger partial charge in [0, 0.05) is 25.4 Å². The van der Waals surface area contributed by atoms with Gasteiger partial charge in [0.2, 0.25) is 0 Å². The van der Waals surface area contributed by atoms with Gasteiger partial charge in [0.15, 0.2) is 0 Å². The van der Waals surface area contributed by atoms with E-state index in [1.165, 1.54) is 25.7 Å². The van der Waals surface area contributed by atoms with Crippen molar-refractivity contribution in [1.82, 2.24) is 15.0 Å². The highest BCUT2D eigenvalue weighted by molar-refractivity contribution is 5.87. The fraction of sp³-hybridized carbons (Fsp3) is 0.571. The Morgan fingerprint density at radius 3 is 2.95 bits per heavy atom. The molecule has 2 aromatic heterocycles. The number of anilines is 1. The molecule has 1 fully saturated rings. The van der Waals surface area contributed by atoms with Gasteiger partial charge in [-0.1, -0.05) is 12.8 Å². The number of fused-ring (bicyclic) bond motifs is 1. The minimum absolute atomic E-state index is 0.227. The second kappa shape index (κ2) is 5.57. The Morgan fingerprint density at radius 1 is 1.32 bits per heavy atom. The second-order valence-corrected chi connectivity index (χ2v) is 5.15. The van der Waals surface area contributed by atoms with Crippen LogP contribution in [0.2, 0.25) is 0 Å². The maximum atomic E-state index is 9.11. The lowest BCUT2D eigenvalue weighted by Crippen LogP contribution is -2.35. The van der Waals surface area contributed by atoms with Gasteiger partial charge in [-0.05, 0) is 25.3 Å². The topological polar surface area (TPSA) is 65.0 Å². The first kappa shape index (κ1) is 12.4. The molecule has 0 spiro atoms. The van der Waals surface area contributed by atoms with Crippen LogP contribution >= 0.6 is 0 Å². The van der Waals surface area contributed by atoms with Crippen molar-refractivity contribution >= 4 is 16.9 Å². The molecule has 5 nitrogen and oxygen atoms in total. The fourth-order valence-electron chi connectivity index (χ4n) is 3.01. The number of hydrogen-bond acceptors (Lipinski definition) is 4. The van der Waals surface area contributed by atoms with Crippen molar-refractivity contribution in [2.75, 3.05) is 18.1 Å². The lowest BCUT2D eigenvalue weighted by atomic mass is 10.2. The lowest BCUT2D eigenvalue weighted by Gasteiger charge is -2.30. The van der Waals surface area contributed by atoms with Crippen molar-refractivity contribution < 1.29 is 5.11 Å². The van der Waals surface area contributed by atoms with Crippen LogP contribution in [0.5, 0.6) is 0 Å². The van der Waals surface area contributed by atoms with E-state index in [0.717, 1.165) is 29.8 Å². The molecule has 0 aliphatic heterocycles. The minimum atomic E-state index is 0.227. The molecular weight excluding hydrogens is 240 g/mol. The SMILES string of the molecule is OCCCN(c1ncnc2[nH]ccc12)C1CCCC1. The van der Waals surface area contributed by atoms with Gasteiger partial charge in [-0.25, -0.2) is 9.97 Å². The molecule has 0 bridgehead atoms. The summed E-state index contributed by atoms with van der Waals surface area (Å²) in [5.74, 6) is 1.01. The molecule has 0 amide bonds. The summed E-state index contributed by atoms with van der Waals surface area (Å²) >= 11 is 0. The van der Waals surface area contributed by atoms with Crippen LogP contribution in [0.3, 0.4) is 0 Å². The molecule has 19 heavy (non-hydrogen) atoms. The summed E-state index contributed by atoms with van der Waals surface area (Å²) < 4.78 is 0. The van der Waals surface area contributed by atoms with Crippen molar-refractivity contribution in [3.63, 3.8) is 0 Å². The molecule has 2 aromatic rings. The van der Waals surface area contributed by atoms with E-state index in [1.54, 1.807) is 6.33 Å². The van der Waals surface area contributed by atoms with Gasteiger partial charge in [-0.2, -0.15) is 0 Å². The summed E-state index contributed by atoms with van der Waals surface area (Å²) in [5, 5.41) is 10.2. The van der Waals surface area contributed by atoms with E-state index in [2.05, 4.69) is 19.9 Å². The molecular formula is C14H20N4O. The molecule has 2 N–H and O–H groups in total. The number of aromatic nitrogens is 3. The third-order valence-electron chi connectivity index (χ3n) is 3.93. The van der Waals surface area contributed by atoms with Gasteiger partial charge in [0.05, 0.1) is 5.39 Å². The monoisotopic (exact) mass is 260 g/mol. The third-order valence-corrected chi connectivity index (χ3v) is 3.93. The molecule has 2 heterocycles. The van der Waals surface area contributed by atoms with Gasteiger partial charge >= 0.3 is 0 Å². The maximum Gasteiger partial charge on any atom is 0.142 e. The Labute approximate surface area is 112 Å². The zero-order valence-electron chi connectivity index (χ0n) is 11.0. The van der Waals surface area contributed by atoms with Crippen LogP contribution in [0.1, 0.15) is 32.1 Å². The van der Waals surface area contributed by atoms with Crippen molar-refractivity contribution in [2.45, 2.75) is 38.1 Å². The van der Waals surface area contributed by atoms with Crippen LogP contribution in [-0.2, 0) is 0 Å². The third kappa shape index (κ3) is 2.42. The zero-order valence-corrected chi connectivity index (χ0v) is 11.0. The van der Waals surface area contributed by atoms with Gasteiger partial charge in [-0.15, -0.1) is 0 Å².